The van der Waals surface area contributed by atoms with Gasteiger partial charge < -0.3 is 0 Å². The Bertz CT molecular complexity index is 570. The van der Waals surface area contributed by atoms with Gasteiger partial charge in [0, 0.05) is 26.5 Å². The maximum absolute atomic E-state index is 11.8. The summed E-state index contributed by atoms with van der Waals surface area (Å²) < 4.78 is 1.63. The minimum atomic E-state index is -0.279. The highest BCUT2D eigenvalue weighted by atomic mass is 16.2. The van der Waals surface area contributed by atoms with Gasteiger partial charge in [-0.15, -0.1) is 0 Å². The lowest BCUT2D eigenvalue weighted by atomic mass is 9.93. The van der Waals surface area contributed by atoms with Crippen molar-refractivity contribution in [2.75, 3.05) is 4.90 Å². The highest BCUT2D eigenvalue weighted by molar-refractivity contribution is 6.14. The van der Waals surface area contributed by atoms with E-state index < -0.39 is 0 Å². The first-order chi connectivity index (χ1) is 9.43. The number of carbonyl (C=O) groups excluding carboxylic acids is 2. The lowest BCUT2D eigenvalue weighted by Gasteiger charge is -2.21. The van der Waals surface area contributed by atoms with Gasteiger partial charge in [-0.3, -0.25) is 14.3 Å². The fourth-order valence-electron chi connectivity index (χ4n) is 2.86. The van der Waals surface area contributed by atoms with E-state index in [2.05, 4.69) is 11.2 Å². The van der Waals surface area contributed by atoms with Crippen molar-refractivity contribution >= 4 is 23.2 Å². The van der Waals surface area contributed by atoms with Crippen LogP contribution in [0.5, 0.6) is 0 Å². The zero-order valence-corrected chi connectivity index (χ0v) is 12.6. The van der Waals surface area contributed by atoms with Crippen LogP contribution >= 0.6 is 0 Å². The number of allylic oxidation sites excluding steroid dienone is 2. The van der Waals surface area contributed by atoms with E-state index in [0.717, 1.165) is 30.5 Å². The third-order valence-corrected chi connectivity index (χ3v) is 3.65. The van der Waals surface area contributed by atoms with Gasteiger partial charge in [0.15, 0.2) is 0 Å². The summed E-state index contributed by atoms with van der Waals surface area (Å²) in [6.07, 6.45) is 6.56. The molecule has 2 amide bonds. The van der Waals surface area contributed by atoms with Gasteiger partial charge in [0.2, 0.25) is 11.8 Å². The molecule has 0 N–H and O–H groups in total. The summed E-state index contributed by atoms with van der Waals surface area (Å²) in [7, 11) is 1.77. The van der Waals surface area contributed by atoms with E-state index in [0.29, 0.717) is 5.82 Å². The smallest absolute Gasteiger partial charge is 0.231 e. The molecule has 0 atom stereocenters. The molecular weight excluding hydrogens is 254 g/mol. The van der Waals surface area contributed by atoms with Gasteiger partial charge in [-0.05, 0) is 38.2 Å². The van der Waals surface area contributed by atoms with Crippen molar-refractivity contribution in [2.24, 2.45) is 7.05 Å². The van der Waals surface area contributed by atoms with E-state index in [1.807, 2.05) is 6.92 Å². The van der Waals surface area contributed by atoms with Gasteiger partial charge in [-0.2, -0.15) is 5.10 Å². The number of hydrogen-bond acceptors (Lipinski definition) is 3. The Morgan fingerprint density at radius 1 is 1.25 bits per heavy atom. The van der Waals surface area contributed by atoms with Crippen molar-refractivity contribution in [3.8, 4) is 0 Å². The molecule has 0 saturated carbocycles. The second-order valence-corrected chi connectivity index (χ2v) is 5.26. The predicted octanol–water partition coefficient (Wildman–Crippen LogP) is 2.59. The lowest BCUT2D eigenvalue weighted by molar-refractivity contribution is -0.124. The van der Waals surface area contributed by atoms with Crippen LogP contribution in [0.15, 0.2) is 6.08 Å². The quantitative estimate of drug-likeness (QED) is 0.833. The molecule has 2 rings (SSSR count). The summed E-state index contributed by atoms with van der Waals surface area (Å²) in [5, 5.41) is 4.40. The van der Waals surface area contributed by atoms with Gasteiger partial charge in [0.1, 0.15) is 5.82 Å². The molecule has 0 fully saturated rings. The molecule has 20 heavy (non-hydrogen) atoms. The molecule has 0 radical (unpaired) electrons. The van der Waals surface area contributed by atoms with Crippen molar-refractivity contribution in [1.82, 2.24) is 9.78 Å². The van der Waals surface area contributed by atoms with E-state index in [-0.39, 0.29) is 11.8 Å². The van der Waals surface area contributed by atoms with Crippen LogP contribution in [0.1, 0.15) is 50.8 Å². The number of nitrogens with zero attached hydrogens (tertiary/aromatic N) is 3. The average Bonchev–Trinajstić information content (AvgIpc) is 2.65. The first-order valence-corrected chi connectivity index (χ1v) is 6.97. The molecule has 0 spiro atoms. The van der Waals surface area contributed by atoms with E-state index in [1.54, 1.807) is 11.7 Å². The fraction of sp³-hybridized carbons (Fsp3) is 0.533. The normalized spacial score (nSPS) is 14.9. The van der Waals surface area contributed by atoms with Crippen molar-refractivity contribution in [1.29, 1.82) is 0 Å². The molecule has 0 bridgehead atoms. The van der Waals surface area contributed by atoms with Gasteiger partial charge in [-0.25, -0.2) is 4.90 Å². The number of carbonyl (C=O) groups is 2. The highest BCUT2D eigenvalue weighted by Gasteiger charge is 2.27. The summed E-state index contributed by atoms with van der Waals surface area (Å²) in [4.78, 5) is 24.9. The largest absolute Gasteiger partial charge is 0.274 e. The Labute approximate surface area is 119 Å². The SMILES string of the molecule is CC(=O)N(C(C)=O)c1c(C2=CCCCC2)c(C)nn1C. The molecule has 0 unspecified atom stereocenters. The monoisotopic (exact) mass is 275 g/mol. The van der Waals surface area contributed by atoms with Crippen LogP contribution in [0.2, 0.25) is 0 Å². The van der Waals surface area contributed by atoms with Crippen LogP contribution in [-0.4, -0.2) is 21.6 Å². The van der Waals surface area contributed by atoms with Crippen molar-refractivity contribution in [2.45, 2.75) is 46.5 Å². The highest BCUT2D eigenvalue weighted by Crippen LogP contribution is 2.35. The molecule has 1 aromatic heterocycles. The number of anilines is 1. The maximum atomic E-state index is 11.8. The van der Waals surface area contributed by atoms with E-state index in [4.69, 9.17) is 0 Å². The first kappa shape index (κ1) is 14.5. The second kappa shape index (κ2) is 5.61. The van der Waals surface area contributed by atoms with Crippen molar-refractivity contribution < 1.29 is 9.59 Å². The maximum Gasteiger partial charge on any atom is 0.231 e. The minimum absolute atomic E-state index is 0.279. The lowest BCUT2D eigenvalue weighted by Crippen LogP contribution is -2.35. The van der Waals surface area contributed by atoms with E-state index in [1.165, 1.54) is 30.7 Å². The fourth-order valence-corrected chi connectivity index (χ4v) is 2.86. The number of amides is 2. The van der Waals surface area contributed by atoms with Crippen molar-refractivity contribution in [3.05, 3.63) is 17.3 Å². The van der Waals surface area contributed by atoms with Gasteiger partial charge in [0.05, 0.1) is 5.69 Å². The Kier molecular flexibility index (Phi) is 4.06. The van der Waals surface area contributed by atoms with Crippen LogP contribution in [-0.2, 0) is 16.6 Å². The molecule has 1 aliphatic rings. The third kappa shape index (κ3) is 2.53. The topological polar surface area (TPSA) is 55.2 Å². The molecule has 0 aliphatic heterocycles. The molecule has 0 saturated heterocycles. The molecular formula is C15H21N3O2. The van der Waals surface area contributed by atoms with Crippen molar-refractivity contribution in [3.63, 3.8) is 0 Å². The number of hydrogen-bond donors (Lipinski definition) is 0. The zero-order chi connectivity index (χ0) is 14.9. The number of imide groups is 1. The molecule has 1 aliphatic carbocycles. The zero-order valence-electron chi connectivity index (χ0n) is 12.6. The Balaban J connectivity index is 2.60. The average molecular weight is 275 g/mol. The predicted molar refractivity (Wildman–Crippen MR) is 78.2 cm³/mol. The molecule has 108 valence electrons. The minimum Gasteiger partial charge on any atom is -0.274 e. The summed E-state index contributed by atoms with van der Waals surface area (Å²) in [5.41, 5.74) is 3.00. The number of rotatable bonds is 2. The third-order valence-electron chi connectivity index (χ3n) is 3.65. The summed E-state index contributed by atoms with van der Waals surface area (Å²) in [5.74, 6) is 0.0342. The van der Waals surface area contributed by atoms with Gasteiger partial charge >= 0.3 is 0 Å². The molecule has 5 nitrogen and oxygen atoms in total. The van der Waals surface area contributed by atoms with E-state index >= 15 is 0 Å². The second-order valence-electron chi connectivity index (χ2n) is 5.26. The number of aryl methyl sites for hydroxylation is 2. The molecule has 0 aromatic carbocycles. The van der Waals surface area contributed by atoms with Crippen LogP contribution in [0.4, 0.5) is 5.82 Å². The van der Waals surface area contributed by atoms with Crippen LogP contribution in [0, 0.1) is 6.92 Å². The molecule has 1 aromatic rings. The Hall–Kier alpha value is -1.91. The summed E-state index contributed by atoms with van der Waals surface area (Å²) in [6, 6.07) is 0. The standard InChI is InChI=1S/C15H21N3O2/c1-10-14(13-8-6-5-7-9-13)15(17(4)16-10)18(11(2)19)12(3)20/h8H,5-7,9H2,1-4H3. The van der Waals surface area contributed by atoms with Crippen LogP contribution in [0.3, 0.4) is 0 Å². The van der Waals surface area contributed by atoms with Crippen LogP contribution < -0.4 is 4.90 Å². The summed E-state index contributed by atoms with van der Waals surface area (Å²) >= 11 is 0. The van der Waals surface area contributed by atoms with Gasteiger partial charge in [-0.1, -0.05) is 6.08 Å². The Morgan fingerprint density at radius 2 is 1.90 bits per heavy atom. The van der Waals surface area contributed by atoms with Gasteiger partial charge in [0.25, 0.3) is 0 Å². The number of aromatic nitrogens is 2. The first-order valence-electron chi connectivity index (χ1n) is 6.97. The van der Waals surface area contributed by atoms with Crippen LogP contribution in [0.25, 0.3) is 5.57 Å². The molecule has 5 heteroatoms. The van der Waals surface area contributed by atoms with E-state index in [9.17, 15) is 9.59 Å². The molecule has 1 heterocycles. The Morgan fingerprint density at radius 3 is 2.40 bits per heavy atom. The summed E-state index contributed by atoms with van der Waals surface area (Å²) in [6.45, 7) is 4.73.